The summed E-state index contributed by atoms with van der Waals surface area (Å²) in [6.07, 6.45) is 0.342. The number of nitrogens with zero attached hydrogens (tertiary/aromatic N) is 1. The Morgan fingerprint density at radius 3 is 2.44 bits per heavy atom. The minimum Gasteiger partial charge on any atom is -0.508 e. The highest BCUT2D eigenvalue weighted by molar-refractivity contribution is 5.96. The van der Waals surface area contributed by atoms with E-state index in [0.717, 1.165) is 0 Å². The molecule has 1 unspecified atom stereocenters. The van der Waals surface area contributed by atoms with Crippen molar-refractivity contribution in [1.29, 1.82) is 0 Å². The second-order valence-electron chi connectivity index (χ2n) is 4.18. The molecule has 0 aliphatic heterocycles. The number of likely N-dealkylation sites (N-methyl/N-ethyl adjacent to an activating group) is 1. The van der Waals surface area contributed by atoms with Gasteiger partial charge in [-0.1, -0.05) is 6.92 Å². The number of carboxylic acid groups (broad SMARTS) is 1. The number of phenolic OH excluding ortho intramolecular Hbond substituents is 1. The van der Waals surface area contributed by atoms with Crippen molar-refractivity contribution in [1.82, 2.24) is 4.90 Å². The fourth-order valence-corrected chi connectivity index (χ4v) is 1.75. The molecular weight excluding hydrogens is 234 g/mol. The topological polar surface area (TPSA) is 77.8 Å². The zero-order valence-electron chi connectivity index (χ0n) is 10.7. The fraction of sp³-hybridized carbons (Fsp3) is 0.385. The van der Waals surface area contributed by atoms with Crippen molar-refractivity contribution in [3.8, 4) is 5.75 Å². The number of carboxylic acids is 1. The lowest BCUT2D eigenvalue weighted by atomic mass is 10.1. The summed E-state index contributed by atoms with van der Waals surface area (Å²) in [5.74, 6) is -1.28. The van der Waals surface area contributed by atoms with Gasteiger partial charge in [0.2, 0.25) is 0 Å². The van der Waals surface area contributed by atoms with Crippen molar-refractivity contribution in [3.63, 3.8) is 0 Å². The quantitative estimate of drug-likeness (QED) is 0.852. The van der Waals surface area contributed by atoms with Crippen molar-refractivity contribution >= 4 is 11.9 Å². The third kappa shape index (κ3) is 2.80. The average Bonchev–Trinajstić information content (AvgIpc) is 2.32. The van der Waals surface area contributed by atoms with Crippen LogP contribution in [-0.2, 0) is 4.79 Å². The predicted octanol–water partition coefficient (Wildman–Crippen LogP) is 1.64. The van der Waals surface area contributed by atoms with Crippen molar-refractivity contribution in [2.75, 3.05) is 7.05 Å². The normalized spacial score (nSPS) is 11.9. The average molecular weight is 251 g/mol. The number of phenols is 1. The van der Waals surface area contributed by atoms with Gasteiger partial charge in [-0.2, -0.15) is 0 Å². The minimum absolute atomic E-state index is 0.111. The minimum atomic E-state index is -1.02. The van der Waals surface area contributed by atoms with Gasteiger partial charge in [0.1, 0.15) is 11.8 Å². The third-order valence-corrected chi connectivity index (χ3v) is 2.90. The van der Waals surface area contributed by atoms with Gasteiger partial charge >= 0.3 is 5.97 Å². The van der Waals surface area contributed by atoms with Gasteiger partial charge in [0.15, 0.2) is 0 Å². The van der Waals surface area contributed by atoms with E-state index < -0.39 is 12.0 Å². The zero-order chi connectivity index (χ0) is 13.9. The fourth-order valence-electron chi connectivity index (χ4n) is 1.75. The highest BCUT2D eigenvalue weighted by atomic mass is 16.4. The van der Waals surface area contributed by atoms with Gasteiger partial charge < -0.3 is 15.1 Å². The van der Waals surface area contributed by atoms with Crippen molar-refractivity contribution < 1.29 is 19.8 Å². The van der Waals surface area contributed by atoms with E-state index in [1.165, 1.54) is 24.1 Å². The second-order valence-corrected chi connectivity index (χ2v) is 4.18. The van der Waals surface area contributed by atoms with E-state index >= 15 is 0 Å². The van der Waals surface area contributed by atoms with Crippen LogP contribution < -0.4 is 0 Å². The van der Waals surface area contributed by atoms with Crippen LogP contribution in [0, 0.1) is 6.92 Å². The number of benzene rings is 1. The van der Waals surface area contributed by atoms with E-state index in [0.29, 0.717) is 17.5 Å². The van der Waals surface area contributed by atoms with Gasteiger partial charge in [-0.3, -0.25) is 4.79 Å². The van der Waals surface area contributed by atoms with Crippen LogP contribution in [-0.4, -0.2) is 40.1 Å². The maximum absolute atomic E-state index is 12.1. The van der Waals surface area contributed by atoms with Crippen LogP contribution in [0.4, 0.5) is 0 Å². The first kappa shape index (κ1) is 14.0. The number of aryl methyl sites for hydroxylation is 1. The molecule has 5 heteroatoms. The standard InChI is InChI=1S/C13H17NO4/c1-4-10(13(17)18)14(3)12(16)9-5-6-11(15)8(2)7-9/h5-7,10,15H,4H2,1-3H3,(H,17,18). The molecule has 18 heavy (non-hydrogen) atoms. The first-order chi connectivity index (χ1) is 8.38. The lowest BCUT2D eigenvalue weighted by Gasteiger charge is -2.24. The summed E-state index contributed by atoms with van der Waals surface area (Å²) in [5, 5.41) is 18.4. The molecule has 98 valence electrons. The SMILES string of the molecule is CCC(C(=O)O)N(C)C(=O)c1ccc(O)c(C)c1. The van der Waals surface area contributed by atoms with E-state index in [1.807, 2.05) is 0 Å². The number of aromatic hydroxyl groups is 1. The molecule has 2 N–H and O–H groups in total. The summed E-state index contributed by atoms with van der Waals surface area (Å²) in [5.41, 5.74) is 0.949. The first-order valence-corrected chi connectivity index (χ1v) is 5.68. The summed E-state index contributed by atoms with van der Waals surface area (Å²) in [6.45, 7) is 3.39. The maximum atomic E-state index is 12.1. The number of hydrogen-bond acceptors (Lipinski definition) is 3. The molecule has 0 aliphatic carbocycles. The molecular formula is C13H17NO4. The number of aliphatic carboxylic acids is 1. The van der Waals surface area contributed by atoms with Crippen LogP contribution in [0.2, 0.25) is 0 Å². The predicted molar refractivity (Wildman–Crippen MR) is 66.7 cm³/mol. The molecule has 0 aromatic heterocycles. The van der Waals surface area contributed by atoms with Crippen molar-refractivity contribution in [3.05, 3.63) is 29.3 Å². The zero-order valence-corrected chi connectivity index (χ0v) is 10.7. The monoisotopic (exact) mass is 251 g/mol. The van der Waals surface area contributed by atoms with Gasteiger partial charge in [-0.25, -0.2) is 4.79 Å². The van der Waals surface area contributed by atoms with Crippen molar-refractivity contribution in [2.24, 2.45) is 0 Å². The van der Waals surface area contributed by atoms with Crippen LogP contribution in [0.3, 0.4) is 0 Å². The molecule has 1 aromatic rings. The molecule has 0 saturated carbocycles. The second kappa shape index (κ2) is 5.53. The third-order valence-electron chi connectivity index (χ3n) is 2.90. The molecule has 1 atom stereocenters. The molecule has 0 bridgehead atoms. The number of carbonyl (C=O) groups is 2. The molecule has 0 aliphatic rings. The summed E-state index contributed by atoms with van der Waals surface area (Å²) >= 11 is 0. The van der Waals surface area contributed by atoms with Gasteiger partial charge in [0.05, 0.1) is 0 Å². The Kier molecular flexibility index (Phi) is 4.31. The van der Waals surface area contributed by atoms with Crippen LogP contribution in [0.15, 0.2) is 18.2 Å². The van der Waals surface area contributed by atoms with E-state index in [9.17, 15) is 14.7 Å². The highest BCUT2D eigenvalue weighted by Gasteiger charge is 2.25. The molecule has 0 fully saturated rings. The number of amides is 1. The summed E-state index contributed by atoms with van der Waals surface area (Å²) in [7, 11) is 1.47. The number of rotatable bonds is 4. The molecule has 0 radical (unpaired) electrons. The molecule has 0 heterocycles. The summed E-state index contributed by atoms with van der Waals surface area (Å²) in [6, 6.07) is 3.61. The largest absolute Gasteiger partial charge is 0.508 e. The van der Waals surface area contributed by atoms with Crippen molar-refractivity contribution in [2.45, 2.75) is 26.3 Å². The Bertz CT molecular complexity index is 470. The van der Waals surface area contributed by atoms with E-state index in [4.69, 9.17) is 5.11 Å². The van der Waals surface area contributed by atoms with Gasteiger partial charge in [-0.15, -0.1) is 0 Å². The van der Waals surface area contributed by atoms with Gasteiger partial charge in [0.25, 0.3) is 5.91 Å². The maximum Gasteiger partial charge on any atom is 0.326 e. The van der Waals surface area contributed by atoms with Crippen LogP contribution >= 0.6 is 0 Å². The van der Waals surface area contributed by atoms with Crippen LogP contribution in [0.25, 0.3) is 0 Å². The summed E-state index contributed by atoms with van der Waals surface area (Å²) in [4.78, 5) is 24.3. The first-order valence-electron chi connectivity index (χ1n) is 5.68. The number of carbonyl (C=O) groups excluding carboxylic acids is 1. The highest BCUT2D eigenvalue weighted by Crippen LogP contribution is 2.18. The Labute approximate surface area is 106 Å². The molecule has 0 spiro atoms. The Balaban J connectivity index is 2.99. The Morgan fingerprint density at radius 1 is 1.39 bits per heavy atom. The smallest absolute Gasteiger partial charge is 0.326 e. The van der Waals surface area contributed by atoms with Crippen LogP contribution in [0.1, 0.15) is 29.3 Å². The molecule has 1 amide bonds. The Hall–Kier alpha value is -2.04. The van der Waals surface area contributed by atoms with E-state index in [2.05, 4.69) is 0 Å². The number of hydrogen-bond donors (Lipinski definition) is 2. The van der Waals surface area contributed by atoms with E-state index in [-0.39, 0.29) is 11.7 Å². The molecule has 0 saturated heterocycles. The summed E-state index contributed by atoms with van der Waals surface area (Å²) < 4.78 is 0. The van der Waals surface area contributed by atoms with Gasteiger partial charge in [0, 0.05) is 12.6 Å². The molecule has 1 rings (SSSR count). The molecule has 1 aromatic carbocycles. The molecule has 5 nitrogen and oxygen atoms in total. The van der Waals surface area contributed by atoms with E-state index in [1.54, 1.807) is 19.9 Å². The lowest BCUT2D eigenvalue weighted by molar-refractivity contribution is -0.142. The van der Waals surface area contributed by atoms with Crippen LogP contribution in [0.5, 0.6) is 5.75 Å². The lowest BCUT2D eigenvalue weighted by Crippen LogP contribution is -2.41. The Morgan fingerprint density at radius 2 is 2.00 bits per heavy atom. The van der Waals surface area contributed by atoms with Gasteiger partial charge in [-0.05, 0) is 37.1 Å².